The van der Waals surface area contributed by atoms with Gasteiger partial charge in [0.1, 0.15) is 5.52 Å². The van der Waals surface area contributed by atoms with Crippen molar-refractivity contribution >= 4 is 11.4 Å². The molecule has 1 aliphatic carbocycles. The van der Waals surface area contributed by atoms with Gasteiger partial charge in [0.05, 0.1) is 17.5 Å². The highest BCUT2D eigenvalue weighted by Crippen LogP contribution is 2.42. The lowest BCUT2D eigenvalue weighted by Crippen LogP contribution is -2.38. The minimum absolute atomic E-state index is 0.0411. The number of carbonyl (C=O) groups excluding carboxylic acids is 1. The molecule has 1 saturated heterocycles. The maximum absolute atomic E-state index is 13.1. The number of fused-ring (bicyclic) bond motifs is 1. The Bertz CT molecular complexity index is 1070. The van der Waals surface area contributed by atoms with E-state index in [0.29, 0.717) is 28.9 Å². The van der Waals surface area contributed by atoms with Crippen LogP contribution < -0.4 is 5.56 Å². The number of nitrogens with zero attached hydrogens (tertiary/aromatic N) is 5. The van der Waals surface area contributed by atoms with E-state index in [9.17, 15) is 9.59 Å². The fourth-order valence-electron chi connectivity index (χ4n) is 3.85. The van der Waals surface area contributed by atoms with Gasteiger partial charge in [0, 0.05) is 25.2 Å². The summed E-state index contributed by atoms with van der Waals surface area (Å²) >= 11 is 0. The van der Waals surface area contributed by atoms with Gasteiger partial charge in [0.2, 0.25) is 5.95 Å². The number of aromatic nitrogens is 5. The minimum Gasteiger partial charge on any atom is -0.339 e. The van der Waals surface area contributed by atoms with Crippen LogP contribution in [0.4, 0.5) is 0 Å². The zero-order valence-corrected chi connectivity index (χ0v) is 15.3. The molecule has 0 unspecified atom stereocenters. The molecule has 1 saturated carbocycles. The first kappa shape index (κ1) is 16.3. The first-order valence-corrected chi connectivity index (χ1v) is 9.57. The number of hydrogen-bond donors (Lipinski definition) is 1. The number of likely N-dealkylation sites (tertiary alicyclic amines) is 1. The number of H-pyrrole nitrogens is 1. The second kappa shape index (κ2) is 6.07. The molecule has 3 aromatic rings. The molecule has 2 aliphatic rings. The molecule has 0 aromatic carbocycles. The Morgan fingerprint density at radius 1 is 1.22 bits per heavy atom. The van der Waals surface area contributed by atoms with Crippen molar-refractivity contribution in [3.63, 3.8) is 0 Å². The highest BCUT2D eigenvalue weighted by Gasteiger charge is 2.35. The van der Waals surface area contributed by atoms with Gasteiger partial charge in [0.15, 0.2) is 0 Å². The lowest BCUT2D eigenvalue weighted by Gasteiger charge is -2.30. The molecule has 0 spiro atoms. The van der Waals surface area contributed by atoms with Gasteiger partial charge in [-0.1, -0.05) is 6.92 Å². The Kier molecular flexibility index (Phi) is 3.66. The average Bonchev–Trinajstić information content (AvgIpc) is 3.22. The zero-order valence-electron chi connectivity index (χ0n) is 15.3. The van der Waals surface area contributed by atoms with Crippen LogP contribution in [0, 0.1) is 5.92 Å². The number of carbonyl (C=O) groups is 1. The Labute approximate surface area is 155 Å². The minimum atomic E-state index is -0.222. The van der Waals surface area contributed by atoms with Crippen LogP contribution in [0.25, 0.3) is 11.5 Å². The van der Waals surface area contributed by atoms with Gasteiger partial charge in [0.25, 0.3) is 11.5 Å². The molecular weight excluding hydrogens is 344 g/mol. The number of amides is 1. The van der Waals surface area contributed by atoms with Crippen molar-refractivity contribution in [2.75, 3.05) is 13.1 Å². The molecule has 1 amide bonds. The SMILES string of the molecule is CC1CCN(C(=O)c2cnn(-c3nn4cccc4c(=O)[nH]3)c2C2CC2)CC1. The van der Waals surface area contributed by atoms with E-state index in [1.807, 2.05) is 4.90 Å². The first-order chi connectivity index (χ1) is 13.1. The van der Waals surface area contributed by atoms with Crippen LogP contribution in [-0.4, -0.2) is 48.3 Å². The van der Waals surface area contributed by atoms with Crippen molar-refractivity contribution < 1.29 is 4.79 Å². The standard InChI is InChI=1S/C19H22N6O2/c1-12-6-9-23(10-7-12)18(27)14-11-20-25(16(14)13-4-5-13)19-21-17(26)15-3-2-8-24(15)22-19/h2-3,8,11-13H,4-7,9-10H2,1H3,(H,21,22,26). The van der Waals surface area contributed by atoms with Crippen LogP contribution in [0.15, 0.2) is 29.3 Å². The summed E-state index contributed by atoms with van der Waals surface area (Å²) in [4.78, 5) is 30.2. The molecule has 0 radical (unpaired) electrons. The van der Waals surface area contributed by atoms with Crippen LogP contribution in [0.3, 0.4) is 0 Å². The number of aromatic amines is 1. The Hall–Kier alpha value is -2.90. The molecule has 4 heterocycles. The number of nitrogens with one attached hydrogen (secondary N) is 1. The maximum Gasteiger partial charge on any atom is 0.276 e. The molecule has 8 heteroatoms. The predicted octanol–water partition coefficient (Wildman–Crippen LogP) is 1.96. The van der Waals surface area contributed by atoms with Crippen molar-refractivity contribution in [3.05, 3.63) is 46.1 Å². The third-order valence-electron chi connectivity index (χ3n) is 5.66. The van der Waals surface area contributed by atoms with Crippen LogP contribution in [-0.2, 0) is 0 Å². The van der Waals surface area contributed by atoms with Gasteiger partial charge in [-0.15, -0.1) is 5.10 Å². The summed E-state index contributed by atoms with van der Waals surface area (Å²) in [5.41, 5.74) is 1.77. The molecule has 1 N–H and O–H groups in total. The lowest BCUT2D eigenvalue weighted by atomic mass is 9.98. The first-order valence-electron chi connectivity index (χ1n) is 9.57. The predicted molar refractivity (Wildman–Crippen MR) is 99.2 cm³/mol. The Morgan fingerprint density at radius 2 is 2.00 bits per heavy atom. The van der Waals surface area contributed by atoms with Gasteiger partial charge >= 0.3 is 0 Å². The second-order valence-corrected chi connectivity index (χ2v) is 7.72. The normalized spacial score (nSPS) is 18.3. The van der Waals surface area contributed by atoms with Gasteiger partial charge in [-0.2, -0.15) is 5.10 Å². The van der Waals surface area contributed by atoms with Crippen molar-refractivity contribution in [1.29, 1.82) is 0 Å². The van der Waals surface area contributed by atoms with Gasteiger partial charge in [-0.3, -0.25) is 14.6 Å². The molecule has 3 aromatic heterocycles. The average molecular weight is 366 g/mol. The van der Waals surface area contributed by atoms with Gasteiger partial charge in [-0.25, -0.2) is 9.20 Å². The van der Waals surface area contributed by atoms with Crippen LogP contribution in [0.1, 0.15) is 54.6 Å². The summed E-state index contributed by atoms with van der Waals surface area (Å²) in [6, 6.07) is 3.49. The van der Waals surface area contributed by atoms with E-state index in [-0.39, 0.29) is 11.5 Å². The molecule has 140 valence electrons. The molecule has 1 aliphatic heterocycles. The number of piperidine rings is 1. The fourth-order valence-corrected chi connectivity index (χ4v) is 3.85. The highest BCUT2D eigenvalue weighted by molar-refractivity contribution is 5.95. The summed E-state index contributed by atoms with van der Waals surface area (Å²) < 4.78 is 3.18. The number of hydrogen-bond acceptors (Lipinski definition) is 4. The molecule has 8 nitrogen and oxygen atoms in total. The third kappa shape index (κ3) is 2.75. The zero-order chi connectivity index (χ0) is 18.5. The summed E-state index contributed by atoms with van der Waals surface area (Å²) in [6.45, 7) is 3.81. The van der Waals surface area contributed by atoms with E-state index in [1.165, 1.54) is 0 Å². The topological polar surface area (TPSA) is 88.3 Å². The van der Waals surface area contributed by atoms with Gasteiger partial charge < -0.3 is 4.90 Å². The van der Waals surface area contributed by atoms with Gasteiger partial charge in [-0.05, 0) is 43.7 Å². The maximum atomic E-state index is 13.1. The molecule has 0 bridgehead atoms. The fraction of sp³-hybridized carbons (Fsp3) is 0.474. The highest BCUT2D eigenvalue weighted by atomic mass is 16.2. The van der Waals surface area contributed by atoms with E-state index >= 15 is 0 Å². The quantitative estimate of drug-likeness (QED) is 0.767. The van der Waals surface area contributed by atoms with E-state index in [0.717, 1.165) is 44.5 Å². The summed E-state index contributed by atoms with van der Waals surface area (Å²) in [6.07, 6.45) is 7.50. The molecule has 0 atom stereocenters. The molecule has 2 fully saturated rings. The van der Waals surface area contributed by atoms with E-state index in [1.54, 1.807) is 33.7 Å². The third-order valence-corrected chi connectivity index (χ3v) is 5.66. The van der Waals surface area contributed by atoms with Crippen LogP contribution in [0.5, 0.6) is 0 Å². The summed E-state index contributed by atoms with van der Waals surface area (Å²) in [5, 5.41) is 8.90. The van der Waals surface area contributed by atoms with Crippen molar-refractivity contribution in [2.45, 2.75) is 38.5 Å². The second-order valence-electron chi connectivity index (χ2n) is 7.72. The van der Waals surface area contributed by atoms with E-state index in [2.05, 4.69) is 22.1 Å². The van der Waals surface area contributed by atoms with Crippen molar-refractivity contribution in [1.82, 2.24) is 29.3 Å². The Balaban J connectivity index is 1.56. The largest absolute Gasteiger partial charge is 0.339 e. The van der Waals surface area contributed by atoms with Crippen molar-refractivity contribution in [2.24, 2.45) is 5.92 Å². The van der Waals surface area contributed by atoms with Crippen molar-refractivity contribution in [3.8, 4) is 5.95 Å². The monoisotopic (exact) mass is 366 g/mol. The Morgan fingerprint density at radius 3 is 2.74 bits per heavy atom. The molecular formula is C19H22N6O2. The van der Waals surface area contributed by atoms with Crippen LogP contribution in [0.2, 0.25) is 0 Å². The lowest BCUT2D eigenvalue weighted by molar-refractivity contribution is 0.0696. The smallest absolute Gasteiger partial charge is 0.276 e. The van der Waals surface area contributed by atoms with Crippen LogP contribution >= 0.6 is 0 Å². The number of rotatable bonds is 3. The van der Waals surface area contributed by atoms with E-state index in [4.69, 9.17) is 0 Å². The summed E-state index contributed by atoms with van der Waals surface area (Å²) in [7, 11) is 0. The molecule has 27 heavy (non-hydrogen) atoms. The van der Waals surface area contributed by atoms with E-state index < -0.39 is 0 Å². The molecule has 5 rings (SSSR count). The summed E-state index contributed by atoms with van der Waals surface area (Å²) in [5.74, 6) is 1.35.